The van der Waals surface area contributed by atoms with Crippen molar-refractivity contribution in [3.05, 3.63) is 24.3 Å². The molecule has 0 saturated heterocycles. The van der Waals surface area contributed by atoms with Gasteiger partial charge in [-0.15, -0.1) is 0 Å². The van der Waals surface area contributed by atoms with Gasteiger partial charge in [0, 0.05) is 0 Å². The molecule has 0 aromatic heterocycles. The second-order valence-corrected chi connectivity index (χ2v) is 3.54. The van der Waals surface area contributed by atoms with Gasteiger partial charge in [0.25, 0.3) is 0 Å². The van der Waals surface area contributed by atoms with Crippen molar-refractivity contribution in [2.75, 3.05) is 18.5 Å². The van der Waals surface area contributed by atoms with E-state index in [9.17, 15) is 4.79 Å². The minimum Gasteiger partial charge on any atom is -0.491 e. The molecule has 4 nitrogen and oxygen atoms in total. The van der Waals surface area contributed by atoms with Crippen LogP contribution >= 0.6 is 0 Å². The lowest BCUT2D eigenvalue weighted by molar-refractivity contribution is 0.167. The maximum absolute atomic E-state index is 11.3. The zero-order chi connectivity index (χ0) is 12.5. The van der Waals surface area contributed by atoms with Crippen LogP contribution in [0.3, 0.4) is 0 Å². The van der Waals surface area contributed by atoms with E-state index >= 15 is 0 Å². The number of rotatable bonds is 6. The molecule has 0 spiro atoms. The number of para-hydroxylation sites is 2. The second kappa shape index (κ2) is 7.54. The summed E-state index contributed by atoms with van der Waals surface area (Å²) in [6.45, 7) is 4.87. The van der Waals surface area contributed by atoms with E-state index in [1.807, 2.05) is 18.2 Å². The Morgan fingerprint density at radius 3 is 2.76 bits per heavy atom. The standard InChI is InChI=1S/C13H19NO3/c1-3-5-10-17-12-9-7-6-8-11(12)14-13(15)16-4-2/h6-9H,3-5,10H2,1-2H3,(H,14,15). The van der Waals surface area contributed by atoms with Crippen molar-refractivity contribution in [2.24, 2.45) is 0 Å². The topological polar surface area (TPSA) is 47.6 Å². The molecule has 0 fully saturated rings. The summed E-state index contributed by atoms with van der Waals surface area (Å²) < 4.78 is 10.4. The van der Waals surface area contributed by atoms with Crippen LogP contribution in [0.1, 0.15) is 26.7 Å². The quantitative estimate of drug-likeness (QED) is 0.771. The molecule has 94 valence electrons. The van der Waals surface area contributed by atoms with Gasteiger partial charge in [-0.05, 0) is 25.5 Å². The van der Waals surface area contributed by atoms with Crippen molar-refractivity contribution >= 4 is 11.8 Å². The summed E-state index contributed by atoms with van der Waals surface area (Å²) in [5, 5.41) is 2.65. The number of anilines is 1. The SMILES string of the molecule is CCCCOc1ccccc1NC(=O)OCC. The van der Waals surface area contributed by atoms with E-state index in [1.54, 1.807) is 13.0 Å². The molecule has 4 heteroatoms. The number of carbonyl (C=O) groups excluding carboxylic acids is 1. The van der Waals surface area contributed by atoms with Gasteiger partial charge in [-0.2, -0.15) is 0 Å². The lowest BCUT2D eigenvalue weighted by Crippen LogP contribution is -2.14. The van der Waals surface area contributed by atoms with E-state index in [0.29, 0.717) is 24.7 Å². The molecule has 0 atom stereocenters. The number of carbonyl (C=O) groups is 1. The van der Waals surface area contributed by atoms with Crippen LogP contribution in [0, 0.1) is 0 Å². The molecule has 1 amide bonds. The van der Waals surface area contributed by atoms with E-state index in [2.05, 4.69) is 12.2 Å². The van der Waals surface area contributed by atoms with Gasteiger partial charge in [0.1, 0.15) is 5.75 Å². The molecule has 1 N–H and O–H groups in total. The predicted molar refractivity (Wildman–Crippen MR) is 67.5 cm³/mol. The minimum absolute atomic E-state index is 0.352. The molecule has 1 rings (SSSR count). The fraction of sp³-hybridized carbons (Fsp3) is 0.462. The van der Waals surface area contributed by atoms with E-state index in [4.69, 9.17) is 9.47 Å². The Morgan fingerprint density at radius 1 is 1.29 bits per heavy atom. The lowest BCUT2D eigenvalue weighted by Gasteiger charge is -2.11. The number of nitrogens with one attached hydrogen (secondary N) is 1. The van der Waals surface area contributed by atoms with Gasteiger partial charge in [0.15, 0.2) is 0 Å². The van der Waals surface area contributed by atoms with Gasteiger partial charge in [-0.1, -0.05) is 25.5 Å². The van der Waals surface area contributed by atoms with Crippen molar-refractivity contribution in [3.63, 3.8) is 0 Å². The van der Waals surface area contributed by atoms with Crippen LogP contribution in [-0.4, -0.2) is 19.3 Å². The van der Waals surface area contributed by atoms with Gasteiger partial charge in [-0.25, -0.2) is 4.79 Å². The Morgan fingerprint density at radius 2 is 2.06 bits per heavy atom. The molecule has 0 aliphatic heterocycles. The predicted octanol–water partition coefficient (Wildman–Crippen LogP) is 3.43. The molecule has 0 unspecified atom stereocenters. The van der Waals surface area contributed by atoms with Crippen LogP contribution in [0.5, 0.6) is 5.75 Å². The average Bonchev–Trinajstić information content (AvgIpc) is 2.32. The number of hydrogen-bond acceptors (Lipinski definition) is 3. The van der Waals surface area contributed by atoms with Gasteiger partial charge in [0.05, 0.1) is 18.9 Å². The summed E-state index contributed by atoms with van der Waals surface area (Å²) >= 11 is 0. The first-order chi connectivity index (χ1) is 8.27. The van der Waals surface area contributed by atoms with Crippen LogP contribution < -0.4 is 10.1 Å². The smallest absolute Gasteiger partial charge is 0.411 e. The maximum atomic E-state index is 11.3. The molecule has 17 heavy (non-hydrogen) atoms. The summed E-state index contributed by atoms with van der Waals surface area (Å²) in [7, 11) is 0. The number of hydrogen-bond donors (Lipinski definition) is 1. The van der Waals surface area contributed by atoms with Gasteiger partial charge in [0.2, 0.25) is 0 Å². The third-order valence-corrected chi connectivity index (χ3v) is 2.15. The Labute approximate surface area is 102 Å². The zero-order valence-electron chi connectivity index (χ0n) is 10.4. The summed E-state index contributed by atoms with van der Waals surface area (Å²) in [5.74, 6) is 0.675. The van der Waals surface area contributed by atoms with Crippen LogP contribution in [0.25, 0.3) is 0 Å². The first-order valence-electron chi connectivity index (χ1n) is 5.93. The monoisotopic (exact) mass is 237 g/mol. The van der Waals surface area contributed by atoms with Crippen molar-refractivity contribution < 1.29 is 14.3 Å². The minimum atomic E-state index is -0.459. The second-order valence-electron chi connectivity index (χ2n) is 3.54. The number of amides is 1. The fourth-order valence-electron chi connectivity index (χ4n) is 1.30. The molecular weight excluding hydrogens is 218 g/mol. The third-order valence-electron chi connectivity index (χ3n) is 2.15. The van der Waals surface area contributed by atoms with Crippen LogP contribution in [-0.2, 0) is 4.74 Å². The van der Waals surface area contributed by atoms with Crippen molar-refractivity contribution in [3.8, 4) is 5.75 Å². The Balaban J connectivity index is 2.60. The first-order valence-corrected chi connectivity index (χ1v) is 5.93. The largest absolute Gasteiger partial charge is 0.491 e. The van der Waals surface area contributed by atoms with E-state index in [-0.39, 0.29) is 0 Å². The summed E-state index contributed by atoms with van der Waals surface area (Å²) in [6.07, 6.45) is 1.61. The normalized spacial score (nSPS) is 9.76. The van der Waals surface area contributed by atoms with Crippen molar-refractivity contribution in [1.29, 1.82) is 0 Å². The molecule has 0 heterocycles. The third kappa shape index (κ3) is 4.76. The maximum Gasteiger partial charge on any atom is 0.411 e. The Kier molecular flexibility index (Phi) is 5.93. The van der Waals surface area contributed by atoms with E-state index in [1.165, 1.54) is 0 Å². The molecule has 1 aromatic rings. The summed E-state index contributed by atoms with van der Waals surface area (Å²) in [5.41, 5.74) is 0.641. The molecule has 0 aliphatic carbocycles. The zero-order valence-corrected chi connectivity index (χ0v) is 10.4. The summed E-state index contributed by atoms with van der Waals surface area (Å²) in [4.78, 5) is 11.3. The van der Waals surface area contributed by atoms with E-state index < -0.39 is 6.09 Å². The van der Waals surface area contributed by atoms with Crippen molar-refractivity contribution in [1.82, 2.24) is 0 Å². The highest BCUT2D eigenvalue weighted by Crippen LogP contribution is 2.24. The average molecular weight is 237 g/mol. The molecule has 0 aliphatic rings. The van der Waals surface area contributed by atoms with Crippen molar-refractivity contribution in [2.45, 2.75) is 26.7 Å². The Hall–Kier alpha value is -1.71. The van der Waals surface area contributed by atoms with Gasteiger partial charge < -0.3 is 9.47 Å². The lowest BCUT2D eigenvalue weighted by atomic mass is 10.3. The van der Waals surface area contributed by atoms with Gasteiger partial charge >= 0.3 is 6.09 Å². The number of ether oxygens (including phenoxy) is 2. The Bertz CT molecular complexity index is 352. The first kappa shape index (κ1) is 13.4. The highest BCUT2D eigenvalue weighted by molar-refractivity contribution is 5.86. The number of benzene rings is 1. The molecular formula is C13H19NO3. The van der Waals surface area contributed by atoms with Crippen LogP contribution in [0.2, 0.25) is 0 Å². The van der Waals surface area contributed by atoms with Crippen LogP contribution in [0.15, 0.2) is 24.3 Å². The molecule has 0 radical (unpaired) electrons. The molecule has 0 saturated carbocycles. The van der Waals surface area contributed by atoms with Crippen LogP contribution in [0.4, 0.5) is 10.5 Å². The molecule has 1 aromatic carbocycles. The highest BCUT2D eigenvalue weighted by Gasteiger charge is 2.07. The fourth-order valence-corrected chi connectivity index (χ4v) is 1.30. The molecule has 0 bridgehead atoms. The van der Waals surface area contributed by atoms with E-state index in [0.717, 1.165) is 12.8 Å². The van der Waals surface area contributed by atoms with Gasteiger partial charge in [-0.3, -0.25) is 5.32 Å². The highest BCUT2D eigenvalue weighted by atomic mass is 16.5. The number of unbranched alkanes of at least 4 members (excludes halogenated alkanes) is 1. The summed E-state index contributed by atoms with van der Waals surface area (Å²) in [6, 6.07) is 7.33.